The maximum absolute atomic E-state index is 12.2. The van der Waals surface area contributed by atoms with Crippen LogP contribution in [-0.4, -0.2) is 60.8 Å². The molecule has 1 aromatic heterocycles. The summed E-state index contributed by atoms with van der Waals surface area (Å²) in [4.78, 5) is 15.4. The van der Waals surface area contributed by atoms with Gasteiger partial charge in [0.25, 0.3) is 0 Å². The lowest BCUT2D eigenvalue weighted by atomic mass is 9.79. The molecule has 3 aliphatic rings. The molecule has 9 nitrogen and oxygen atoms in total. The van der Waals surface area contributed by atoms with Crippen LogP contribution in [0.25, 0.3) is 0 Å². The Morgan fingerprint density at radius 1 is 1.06 bits per heavy atom. The second kappa shape index (κ2) is 18.4. The first-order valence-electron chi connectivity index (χ1n) is 18.8. The van der Waals surface area contributed by atoms with E-state index >= 15 is 0 Å². The molecule has 1 aromatic rings. The average molecular weight is 670 g/mol. The molecule has 48 heavy (non-hydrogen) atoms. The van der Waals surface area contributed by atoms with Gasteiger partial charge in [0.2, 0.25) is 0 Å². The first-order chi connectivity index (χ1) is 23.0. The van der Waals surface area contributed by atoms with Crippen LogP contribution in [0.5, 0.6) is 0 Å². The Balaban J connectivity index is 1.30. The number of carboxylic acid groups (broad SMARTS) is 1. The van der Waals surface area contributed by atoms with Crippen molar-refractivity contribution < 1.29 is 30.3 Å². The van der Waals surface area contributed by atoms with E-state index in [9.17, 15) is 30.3 Å². The van der Waals surface area contributed by atoms with Crippen molar-refractivity contribution in [2.75, 3.05) is 6.54 Å². The number of nitrogens with one attached hydrogen (secondary N) is 2. The predicted octanol–water partition coefficient (Wildman–Crippen LogP) is 6.01. The van der Waals surface area contributed by atoms with Gasteiger partial charge in [0, 0.05) is 30.3 Å². The fraction of sp³-hybridized carbons (Fsp3) is 0.718. The van der Waals surface area contributed by atoms with Crippen LogP contribution in [-0.2, 0) is 11.2 Å². The van der Waals surface area contributed by atoms with Crippen LogP contribution in [0.1, 0.15) is 128 Å². The number of dihydropyridines is 1. The number of unbranched alkanes of at least 4 members (excludes halogenated alkanes) is 4. The standard InChI is InChI=1S/C39H63N3O6/c1-3-5-7-10-27-13-14-30(35(44)22-27)11-8-6-9-12-31(38(46)47)34(43)15-17-39(48)24-29(19-28-16-18-41-36(40)23-28)20-32(39)37(45)33-21-26(4-2)25-42-33/h13-14,16,21,23,25,27,29-32,34-35,37,41-45,48H,3-12,15,17-20,22,24,40H2,1-2H3,(H,46,47)/t27-,29-,30-,31+,32+,34-,35-,37+,39+/m1/s1. The number of aliphatic hydroxyl groups is 4. The molecule has 270 valence electrons. The number of carbonyl (C=O) groups is 1. The number of hydrogen-bond donors (Lipinski definition) is 8. The second-order valence-electron chi connectivity index (χ2n) is 15.0. The van der Waals surface area contributed by atoms with Gasteiger partial charge in [-0.3, -0.25) is 4.79 Å². The molecule has 0 spiro atoms. The van der Waals surface area contributed by atoms with Crippen molar-refractivity contribution in [3.8, 4) is 0 Å². The number of aromatic amines is 1. The Morgan fingerprint density at radius 3 is 2.54 bits per heavy atom. The Kier molecular flexibility index (Phi) is 14.7. The largest absolute Gasteiger partial charge is 0.481 e. The van der Waals surface area contributed by atoms with Crippen molar-refractivity contribution in [2.45, 2.75) is 140 Å². The van der Waals surface area contributed by atoms with Crippen LogP contribution in [0.2, 0.25) is 0 Å². The predicted molar refractivity (Wildman–Crippen MR) is 190 cm³/mol. The lowest BCUT2D eigenvalue weighted by molar-refractivity contribution is -0.147. The summed E-state index contributed by atoms with van der Waals surface area (Å²) in [5.41, 5.74) is 7.60. The van der Waals surface area contributed by atoms with Crippen molar-refractivity contribution in [3.05, 3.63) is 59.2 Å². The third-order valence-electron chi connectivity index (χ3n) is 11.4. The highest BCUT2D eigenvalue weighted by Crippen LogP contribution is 2.50. The number of hydrogen-bond acceptors (Lipinski definition) is 7. The van der Waals surface area contributed by atoms with Gasteiger partial charge in [-0.25, -0.2) is 0 Å². The van der Waals surface area contributed by atoms with Crippen molar-refractivity contribution in [1.82, 2.24) is 10.3 Å². The highest BCUT2D eigenvalue weighted by Gasteiger charge is 2.50. The summed E-state index contributed by atoms with van der Waals surface area (Å²) in [7, 11) is 0. The van der Waals surface area contributed by atoms with Crippen LogP contribution in [0, 0.1) is 29.6 Å². The van der Waals surface area contributed by atoms with Gasteiger partial charge in [0.05, 0.1) is 35.7 Å². The number of allylic oxidation sites excluding steroid dienone is 3. The van der Waals surface area contributed by atoms with Crippen LogP contribution < -0.4 is 11.1 Å². The summed E-state index contributed by atoms with van der Waals surface area (Å²) in [6.45, 7) is 4.91. The van der Waals surface area contributed by atoms with Crippen molar-refractivity contribution in [2.24, 2.45) is 35.3 Å². The Labute approximate surface area is 287 Å². The summed E-state index contributed by atoms with van der Waals surface area (Å²) >= 11 is 0. The summed E-state index contributed by atoms with van der Waals surface area (Å²) in [6.07, 6.45) is 20.3. The fourth-order valence-electron chi connectivity index (χ4n) is 8.47. The molecular formula is C39H63N3O6. The molecule has 0 unspecified atom stereocenters. The number of carboxylic acids is 1. The lowest BCUT2D eigenvalue weighted by Crippen LogP contribution is -2.39. The maximum Gasteiger partial charge on any atom is 0.309 e. The number of aromatic nitrogens is 1. The smallest absolute Gasteiger partial charge is 0.309 e. The van der Waals surface area contributed by atoms with Crippen LogP contribution in [0.4, 0.5) is 0 Å². The molecule has 0 amide bonds. The van der Waals surface area contributed by atoms with E-state index in [2.05, 4.69) is 42.4 Å². The van der Waals surface area contributed by atoms with Gasteiger partial charge >= 0.3 is 5.97 Å². The van der Waals surface area contributed by atoms with E-state index in [0.717, 1.165) is 56.1 Å². The summed E-state index contributed by atoms with van der Waals surface area (Å²) in [5, 5.41) is 58.5. The number of H-pyrrole nitrogens is 1. The van der Waals surface area contributed by atoms with Gasteiger partial charge in [0.1, 0.15) is 0 Å². The van der Waals surface area contributed by atoms with Gasteiger partial charge in [-0.05, 0) is 99.3 Å². The number of aryl methyl sites for hydroxylation is 1. The molecule has 1 aliphatic heterocycles. The van der Waals surface area contributed by atoms with E-state index in [0.29, 0.717) is 49.7 Å². The summed E-state index contributed by atoms with van der Waals surface area (Å²) < 4.78 is 0. The van der Waals surface area contributed by atoms with Gasteiger partial charge in [-0.2, -0.15) is 0 Å². The molecule has 9 heteroatoms. The zero-order valence-electron chi connectivity index (χ0n) is 29.3. The lowest BCUT2D eigenvalue weighted by Gasteiger charge is -2.34. The molecule has 1 fully saturated rings. The monoisotopic (exact) mass is 669 g/mol. The average Bonchev–Trinajstić information content (AvgIpc) is 3.67. The first-order valence-corrected chi connectivity index (χ1v) is 18.8. The normalized spacial score (nSPS) is 29.2. The van der Waals surface area contributed by atoms with Gasteiger partial charge < -0.3 is 41.6 Å². The van der Waals surface area contributed by atoms with Crippen LogP contribution in [0.3, 0.4) is 0 Å². The zero-order chi connectivity index (χ0) is 34.7. The van der Waals surface area contributed by atoms with Crippen LogP contribution in [0.15, 0.2) is 48.0 Å². The zero-order valence-corrected chi connectivity index (χ0v) is 29.3. The quantitative estimate of drug-likeness (QED) is 0.0616. The third-order valence-corrected chi connectivity index (χ3v) is 11.4. The van der Waals surface area contributed by atoms with Crippen molar-refractivity contribution >= 4 is 5.97 Å². The van der Waals surface area contributed by atoms with Crippen LogP contribution >= 0.6 is 0 Å². The minimum atomic E-state index is -1.25. The molecule has 2 aliphatic carbocycles. The van der Waals surface area contributed by atoms with Gasteiger partial charge in [-0.1, -0.05) is 70.6 Å². The summed E-state index contributed by atoms with van der Waals surface area (Å²) in [5.74, 6) is -1.03. The van der Waals surface area contributed by atoms with E-state index in [1.54, 1.807) is 0 Å². The van der Waals surface area contributed by atoms with Crippen molar-refractivity contribution in [3.63, 3.8) is 0 Å². The fourth-order valence-corrected chi connectivity index (χ4v) is 8.47. The molecule has 9 atom stereocenters. The molecule has 1 saturated carbocycles. The third kappa shape index (κ3) is 10.7. The van der Waals surface area contributed by atoms with E-state index in [-0.39, 0.29) is 30.8 Å². The number of rotatable bonds is 20. The highest BCUT2D eigenvalue weighted by molar-refractivity contribution is 5.70. The van der Waals surface area contributed by atoms with Gasteiger partial charge in [-0.15, -0.1) is 0 Å². The van der Waals surface area contributed by atoms with E-state index in [4.69, 9.17) is 5.73 Å². The topological polar surface area (TPSA) is 172 Å². The Morgan fingerprint density at radius 2 is 1.85 bits per heavy atom. The van der Waals surface area contributed by atoms with Gasteiger partial charge in [0.15, 0.2) is 0 Å². The molecular weight excluding hydrogens is 606 g/mol. The molecule has 9 N–H and O–H groups in total. The number of nitrogens with two attached hydrogens (primary N) is 1. The minimum absolute atomic E-state index is 0.112. The van der Waals surface area contributed by atoms with E-state index in [1.165, 1.54) is 19.3 Å². The molecule has 0 radical (unpaired) electrons. The SMILES string of the molecule is CCCCC[C@@H]1C=C[C@@H](CCCCC[C@H](C(=O)O)[C@H](O)CC[C@]2(O)C[C@H](CC3=CCNC(N)=C3)C[C@H]2[C@H](O)c2cc(CC)c[nH]2)[C@H](O)C1. The molecule has 0 saturated heterocycles. The molecule has 0 bridgehead atoms. The summed E-state index contributed by atoms with van der Waals surface area (Å²) in [6, 6.07) is 1.95. The Hall–Kier alpha value is -2.59. The molecule has 0 aromatic carbocycles. The molecule has 2 heterocycles. The number of aliphatic hydroxyl groups excluding tert-OH is 3. The molecule has 4 rings (SSSR count). The Bertz CT molecular complexity index is 1240. The number of aliphatic carboxylic acids is 1. The van der Waals surface area contributed by atoms with E-state index in [1.807, 2.05) is 18.3 Å². The second-order valence-corrected chi connectivity index (χ2v) is 15.0. The highest BCUT2D eigenvalue weighted by atomic mass is 16.4. The maximum atomic E-state index is 12.2. The van der Waals surface area contributed by atoms with E-state index < -0.39 is 35.6 Å². The first kappa shape index (κ1) is 38.2. The minimum Gasteiger partial charge on any atom is -0.481 e. The van der Waals surface area contributed by atoms with Crippen molar-refractivity contribution in [1.29, 1.82) is 0 Å².